The minimum Gasteiger partial charge on any atom is -0.504 e. The van der Waals surface area contributed by atoms with Crippen LogP contribution in [0.1, 0.15) is 5.56 Å². The van der Waals surface area contributed by atoms with E-state index in [9.17, 15) is 5.11 Å². The lowest BCUT2D eigenvalue weighted by atomic mass is 10.1. The second kappa shape index (κ2) is 2.93. The van der Waals surface area contributed by atoms with E-state index in [1.54, 1.807) is 13.0 Å². The molecule has 0 aliphatic heterocycles. The van der Waals surface area contributed by atoms with Gasteiger partial charge in [-0.15, -0.1) is 0 Å². The van der Waals surface area contributed by atoms with E-state index in [0.717, 1.165) is 5.69 Å². The number of benzene rings is 1. The number of anilines is 1. The van der Waals surface area contributed by atoms with Gasteiger partial charge < -0.3 is 15.1 Å². The summed E-state index contributed by atoms with van der Waals surface area (Å²) < 4.78 is 0. The fourth-order valence-electron chi connectivity index (χ4n) is 1.16. The highest BCUT2D eigenvalue weighted by atomic mass is 16.3. The third-order valence-corrected chi connectivity index (χ3v) is 1.86. The number of nitrogens with zero attached hydrogens (tertiary/aromatic N) is 1. The van der Waals surface area contributed by atoms with E-state index in [-0.39, 0.29) is 11.5 Å². The van der Waals surface area contributed by atoms with Crippen molar-refractivity contribution in [3.05, 3.63) is 17.7 Å². The van der Waals surface area contributed by atoms with E-state index < -0.39 is 0 Å². The van der Waals surface area contributed by atoms with Crippen LogP contribution in [0.3, 0.4) is 0 Å². The van der Waals surface area contributed by atoms with Gasteiger partial charge in [0.1, 0.15) is 0 Å². The number of phenols is 2. The van der Waals surface area contributed by atoms with Gasteiger partial charge >= 0.3 is 0 Å². The maximum atomic E-state index is 9.36. The van der Waals surface area contributed by atoms with E-state index in [2.05, 4.69) is 0 Å². The van der Waals surface area contributed by atoms with Crippen molar-refractivity contribution in [2.45, 2.75) is 6.92 Å². The minimum atomic E-state index is -0.0712. The molecule has 0 unspecified atom stereocenters. The molecule has 0 atom stereocenters. The fourth-order valence-corrected chi connectivity index (χ4v) is 1.16. The van der Waals surface area contributed by atoms with Crippen molar-refractivity contribution < 1.29 is 10.2 Å². The molecule has 0 aromatic heterocycles. The van der Waals surface area contributed by atoms with Crippen molar-refractivity contribution in [3.8, 4) is 11.5 Å². The highest BCUT2D eigenvalue weighted by molar-refractivity contribution is 5.61. The van der Waals surface area contributed by atoms with Crippen LogP contribution in [0.15, 0.2) is 12.1 Å². The molecular weight excluding hydrogens is 154 g/mol. The van der Waals surface area contributed by atoms with Crippen LogP contribution in [0, 0.1) is 6.92 Å². The molecule has 1 aromatic carbocycles. The molecule has 3 nitrogen and oxygen atoms in total. The number of aromatic hydroxyl groups is 2. The molecule has 3 heteroatoms. The van der Waals surface area contributed by atoms with Gasteiger partial charge in [0.15, 0.2) is 11.5 Å². The van der Waals surface area contributed by atoms with Crippen molar-refractivity contribution in [3.63, 3.8) is 0 Å². The molecule has 66 valence electrons. The van der Waals surface area contributed by atoms with Gasteiger partial charge in [0.05, 0.1) is 0 Å². The normalized spacial score (nSPS) is 9.92. The summed E-state index contributed by atoms with van der Waals surface area (Å²) in [5.74, 6) is -0.112. The second-order valence-electron chi connectivity index (χ2n) is 2.97. The topological polar surface area (TPSA) is 43.7 Å². The largest absolute Gasteiger partial charge is 0.504 e. The lowest BCUT2D eigenvalue weighted by Gasteiger charge is -2.16. The summed E-state index contributed by atoms with van der Waals surface area (Å²) in [6.07, 6.45) is 0. The van der Waals surface area contributed by atoms with Crippen molar-refractivity contribution in [1.82, 2.24) is 0 Å². The van der Waals surface area contributed by atoms with Gasteiger partial charge in [0.2, 0.25) is 0 Å². The molecule has 0 aliphatic carbocycles. The van der Waals surface area contributed by atoms with Crippen LogP contribution < -0.4 is 4.90 Å². The van der Waals surface area contributed by atoms with E-state index in [4.69, 9.17) is 5.11 Å². The Morgan fingerprint density at radius 2 is 1.75 bits per heavy atom. The molecule has 0 saturated heterocycles. The molecule has 0 bridgehead atoms. The molecule has 1 aromatic rings. The number of phenolic OH excluding ortho intramolecular Hbond substituents is 2. The van der Waals surface area contributed by atoms with Gasteiger partial charge in [-0.1, -0.05) is 0 Å². The van der Waals surface area contributed by atoms with Gasteiger partial charge in [0, 0.05) is 25.3 Å². The van der Waals surface area contributed by atoms with Gasteiger partial charge in [-0.25, -0.2) is 0 Å². The zero-order valence-corrected chi connectivity index (χ0v) is 7.50. The Hall–Kier alpha value is -1.38. The third-order valence-electron chi connectivity index (χ3n) is 1.86. The van der Waals surface area contributed by atoms with Crippen LogP contribution in [0.25, 0.3) is 0 Å². The Bertz CT molecular complexity index is 295. The molecule has 0 aliphatic rings. The van der Waals surface area contributed by atoms with Crippen LogP contribution in [0.4, 0.5) is 5.69 Å². The highest BCUT2D eigenvalue weighted by Crippen LogP contribution is 2.34. The number of rotatable bonds is 1. The standard InChI is InChI=1S/C9H13NO2/c1-6-7(10(2)3)4-5-8(11)9(6)12/h4-5,11-12H,1-3H3. The Kier molecular flexibility index (Phi) is 2.13. The first-order chi connectivity index (χ1) is 5.54. The van der Waals surface area contributed by atoms with Crippen molar-refractivity contribution in [2.75, 3.05) is 19.0 Å². The monoisotopic (exact) mass is 167 g/mol. The van der Waals surface area contributed by atoms with Gasteiger partial charge in [-0.3, -0.25) is 0 Å². The molecule has 0 spiro atoms. The van der Waals surface area contributed by atoms with E-state index in [1.807, 2.05) is 19.0 Å². The summed E-state index contributed by atoms with van der Waals surface area (Å²) in [6.45, 7) is 1.77. The quantitative estimate of drug-likeness (QED) is 0.622. The summed E-state index contributed by atoms with van der Waals surface area (Å²) in [6, 6.07) is 3.25. The van der Waals surface area contributed by atoms with Crippen LogP contribution in [0.2, 0.25) is 0 Å². The van der Waals surface area contributed by atoms with Gasteiger partial charge in [-0.05, 0) is 19.1 Å². The molecule has 0 radical (unpaired) electrons. The second-order valence-corrected chi connectivity index (χ2v) is 2.97. The van der Waals surface area contributed by atoms with Gasteiger partial charge in [-0.2, -0.15) is 0 Å². The molecule has 1 rings (SSSR count). The third kappa shape index (κ3) is 1.30. The molecule has 2 N–H and O–H groups in total. The summed E-state index contributed by atoms with van der Waals surface area (Å²) in [4.78, 5) is 1.88. The van der Waals surface area contributed by atoms with E-state index in [0.29, 0.717) is 5.56 Å². The Morgan fingerprint density at radius 1 is 1.17 bits per heavy atom. The fraction of sp³-hybridized carbons (Fsp3) is 0.333. The minimum absolute atomic E-state index is 0.0406. The van der Waals surface area contributed by atoms with E-state index in [1.165, 1.54) is 6.07 Å². The average molecular weight is 167 g/mol. The van der Waals surface area contributed by atoms with Crippen LogP contribution in [-0.4, -0.2) is 24.3 Å². The first-order valence-corrected chi connectivity index (χ1v) is 3.73. The zero-order chi connectivity index (χ0) is 9.30. The summed E-state index contributed by atoms with van der Waals surface area (Å²) in [7, 11) is 3.78. The number of hydrogen-bond donors (Lipinski definition) is 2. The predicted molar refractivity (Wildman–Crippen MR) is 48.8 cm³/mol. The van der Waals surface area contributed by atoms with Crippen LogP contribution in [0.5, 0.6) is 11.5 Å². The first kappa shape index (κ1) is 8.71. The molecular formula is C9H13NO2. The number of hydrogen-bond acceptors (Lipinski definition) is 3. The smallest absolute Gasteiger partial charge is 0.162 e. The molecule has 0 amide bonds. The van der Waals surface area contributed by atoms with Crippen LogP contribution >= 0.6 is 0 Å². The first-order valence-electron chi connectivity index (χ1n) is 3.73. The Morgan fingerprint density at radius 3 is 2.25 bits per heavy atom. The maximum absolute atomic E-state index is 9.36. The summed E-state index contributed by atoms with van der Waals surface area (Å²) >= 11 is 0. The lowest BCUT2D eigenvalue weighted by Crippen LogP contribution is -2.09. The SMILES string of the molecule is Cc1c(N(C)C)ccc(O)c1O. The van der Waals surface area contributed by atoms with E-state index >= 15 is 0 Å². The maximum Gasteiger partial charge on any atom is 0.162 e. The van der Waals surface area contributed by atoms with Crippen LogP contribution in [-0.2, 0) is 0 Å². The molecule has 12 heavy (non-hydrogen) atoms. The lowest BCUT2D eigenvalue weighted by molar-refractivity contribution is 0.401. The molecule has 0 heterocycles. The van der Waals surface area contributed by atoms with Crippen molar-refractivity contribution in [1.29, 1.82) is 0 Å². The summed E-state index contributed by atoms with van der Waals surface area (Å²) in [5.41, 5.74) is 1.60. The zero-order valence-electron chi connectivity index (χ0n) is 7.50. The van der Waals surface area contributed by atoms with Crippen molar-refractivity contribution in [2.24, 2.45) is 0 Å². The highest BCUT2D eigenvalue weighted by Gasteiger charge is 2.08. The Balaban J connectivity index is 3.27. The van der Waals surface area contributed by atoms with Crippen molar-refractivity contribution >= 4 is 5.69 Å². The predicted octanol–water partition coefficient (Wildman–Crippen LogP) is 1.47. The Labute approximate surface area is 71.9 Å². The summed E-state index contributed by atoms with van der Waals surface area (Å²) in [5, 5.41) is 18.5. The van der Waals surface area contributed by atoms with Gasteiger partial charge in [0.25, 0.3) is 0 Å². The molecule has 0 saturated carbocycles. The molecule has 0 fully saturated rings. The average Bonchev–Trinajstić information content (AvgIpc) is 2.00.